The number of rotatable bonds is 15. The van der Waals surface area contributed by atoms with Gasteiger partial charge in [0.25, 0.3) is 5.69 Å². The van der Waals surface area contributed by atoms with Gasteiger partial charge in [-0.25, -0.2) is 0 Å². The Morgan fingerprint density at radius 2 is 1.63 bits per heavy atom. The topological polar surface area (TPSA) is 250 Å². The van der Waals surface area contributed by atoms with Crippen LogP contribution in [0, 0.1) is 27.9 Å². The third kappa shape index (κ3) is 13.9. The monoisotopic (exact) mass is 953 g/mol. The number of carbonyl (C=O) groups excluding carboxylic acids is 2. The fourth-order valence-electron chi connectivity index (χ4n) is 9.81. The van der Waals surface area contributed by atoms with Crippen molar-refractivity contribution < 1.29 is 68.1 Å². The molecule has 19 nitrogen and oxygen atoms in total. The normalized spacial score (nSPS) is 40.7. The number of nitrogens with one attached hydrogen (secondary N) is 2. The van der Waals surface area contributed by atoms with Gasteiger partial charge in [-0.2, -0.15) is 0 Å². The van der Waals surface area contributed by atoms with Crippen molar-refractivity contribution in [3.63, 3.8) is 0 Å². The Morgan fingerprint density at radius 3 is 2.22 bits per heavy atom. The molecule has 1 amide bonds. The summed E-state index contributed by atoms with van der Waals surface area (Å²) >= 11 is 0. The SMILES string of the molecule is CC[C@H]1OC(=O)[C@H](C)[C@@H](O[C@@H]2C[C@@](C)(OC)[C@@H](O)[C@H](C)O2)[C@H](C)[C@@H](O[C@@H]2O[C@H](C)C[C@H](N(C)C)[C@H]2O)[C@](C)(OC/C=C/NCCc2ccc([N+](=O)[O-])cc2)C[C@@H](C)C(=O)N[C@H](C)[C@H](O)[C@@]1(C)O. The molecule has 3 aliphatic heterocycles. The predicted molar refractivity (Wildman–Crippen MR) is 247 cm³/mol. The summed E-state index contributed by atoms with van der Waals surface area (Å²) in [6.45, 7) is 17.4. The quantitative estimate of drug-likeness (QED) is 0.0638. The van der Waals surface area contributed by atoms with Gasteiger partial charge in [0, 0.05) is 50.1 Å². The number of methoxy groups -OCH3 is 1. The van der Waals surface area contributed by atoms with Crippen molar-refractivity contribution in [1.29, 1.82) is 0 Å². The number of nitro benzene ring substituents is 1. The Kier molecular flexibility index (Phi) is 20.1. The molecule has 19 heteroatoms. The average molecular weight is 953 g/mol. The molecule has 1 aromatic carbocycles. The lowest BCUT2D eigenvalue weighted by atomic mass is 9.77. The van der Waals surface area contributed by atoms with Crippen molar-refractivity contribution in [1.82, 2.24) is 15.5 Å². The molecule has 1 aromatic rings. The van der Waals surface area contributed by atoms with Crippen LogP contribution in [0.15, 0.2) is 36.5 Å². The van der Waals surface area contributed by atoms with Crippen LogP contribution in [0.5, 0.6) is 0 Å². The molecule has 3 fully saturated rings. The first-order chi connectivity index (χ1) is 31.3. The number of cyclic esters (lactones) is 1. The molecule has 382 valence electrons. The number of hydrogen-bond donors (Lipinski definition) is 6. The van der Waals surface area contributed by atoms with Gasteiger partial charge in [0.2, 0.25) is 5.91 Å². The lowest BCUT2D eigenvalue weighted by molar-refractivity contribution is -0.384. The van der Waals surface area contributed by atoms with Crippen molar-refractivity contribution in [3.05, 3.63) is 52.2 Å². The number of non-ortho nitro benzene ring substituents is 1. The smallest absolute Gasteiger partial charge is 0.311 e. The molecule has 3 aliphatic rings. The van der Waals surface area contributed by atoms with E-state index in [1.807, 2.05) is 32.8 Å². The van der Waals surface area contributed by atoms with Crippen LogP contribution in [-0.4, -0.2) is 167 Å². The minimum absolute atomic E-state index is 0.000626. The highest BCUT2D eigenvalue weighted by Crippen LogP contribution is 2.41. The second-order valence-corrected chi connectivity index (χ2v) is 19.9. The van der Waals surface area contributed by atoms with E-state index in [-0.39, 0.29) is 43.7 Å². The maximum absolute atomic E-state index is 14.5. The van der Waals surface area contributed by atoms with E-state index < -0.39 is 113 Å². The Hall–Kier alpha value is -3.34. The molecule has 0 radical (unpaired) electrons. The van der Waals surface area contributed by atoms with Crippen molar-refractivity contribution in [2.24, 2.45) is 17.8 Å². The molecule has 0 saturated carbocycles. The van der Waals surface area contributed by atoms with Crippen LogP contribution in [0.2, 0.25) is 0 Å². The molecule has 67 heavy (non-hydrogen) atoms. The number of nitro groups is 1. The lowest BCUT2D eigenvalue weighted by Gasteiger charge is -2.49. The summed E-state index contributed by atoms with van der Waals surface area (Å²) in [4.78, 5) is 41.3. The van der Waals surface area contributed by atoms with E-state index >= 15 is 0 Å². The number of ether oxygens (including phenoxy) is 7. The van der Waals surface area contributed by atoms with E-state index in [2.05, 4.69) is 10.6 Å². The minimum Gasteiger partial charge on any atom is -0.459 e. The average Bonchev–Trinajstić information content (AvgIpc) is 3.27. The number of aliphatic hydroxyl groups is 4. The predicted octanol–water partition coefficient (Wildman–Crippen LogP) is 3.36. The van der Waals surface area contributed by atoms with E-state index in [0.29, 0.717) is 19.4 Å². The van der Waals surface area contributed by atoms with Gasteiger partial charge in [-0.1, -0.05) is 32.9 Å². The van der Waals surface area contributed by atoms with Gasteiger partial charge < -0.3 is 69.1 Å². The van der Waals surface area contributed by atoms with Gasteiger partial charge >= 0.3 is 5.97 Å². The Labute approximate surface area is 396 Å². The van der Waals surface area contributed by atoms with Gasteiger partial charge in [0.15, 0.2) is 12.6 Å². The molecule has 4 rings (SSSR count). The van der Waals surface area contributed by atoms with Crippen LogP contribution in [0.25, 0.3) is 0 Å². The summed E-state index contributed by atoms with van der Waals surface area (Å²) in [5.41, 5.74) is -3.59. The van der Waals surface area contributed by atoms with E-state index in [0.717, 1.165) is 5.56 Å². The van der Waals surface area contributed by atoms with E-state index in [1.54, 1.807) is 72.9 Å². The van der Waals surface area contributed by atoms with Crippen LogP contribution >= 0.6 is 0 Å². The van der Waals surface area contributed by atoms with Crippen LogP contribution in [0.1, 0.15) is 100 Å². The number of hydrogen-bond acceptors (Lipinski definition) is 17. The maximum Gasteiger partial charge on any atom is 0.311 e. The van der Waals surface area contributed by atoms with Crippen molar-refractivity contribution in [3.8, 4) is 0 Å². The Bertz CT molecular complexity index is 1790. The van der Waals surface area contributed by atoms with E-state index in [9.17, 15) is 40.1 Å². The second kappa shape index (κ2) is 24.0. The first-order valence-corrected chi connectivity index (χ1v) is 23.7. The van der Waals surface area contributed by atoms with Crippen molar-refractivity contribution in [2.75, 3.05) is 34.4 Å². The first-order valence-electron chi connectivity index (χ1n) is 23.7. The minimum atomic E-state index is -2.00. The molecule has 3 saturated heterocycles. The number of benzene rings is 1. The third-order valence-corrected chi connectivity index (χ3v) is 14.1. The summed E-state index contributed by atoms with van der Waals surface area (Å²) in [5.74, 6) is -3.95. The van der Waals surface area contributed by atoms with E-state index in [1.165, 1.54) is 26.2 Å². The summed E-state index contributed by atoms with van der Waals surface area (Å²) in [6, 6.07) is 5.00. The Balaban J connectivity index is 1.83. The van der Waals surface area contributed by atoms with Gasteiger partial charge in [0.1, 0.15) is 30.0 Å². The van der Waals surface area contributed by atoms with Gasteiger partial charge in [-0.3, -0.25) is 19.7 Å². The van der Waals surface area contributed by atoms with Crippen LogP contribution in [0.3, 0.4) is 0 Å². The molecule has 18 atom stereocenters. The fourth-order valence-corrected chi connectivity index (χ4v) is 9.81. The molecule has 0 spiro atoms. The number of esters is 1. The second-order valence-electron chi connectivity index (χ2n) is 19.9. The zero-order chi connectivity index (χ0) is 50.2. The highest BCUT2D eigenvalue weighted by molar-refractivity contribution is 5.78. The number of amides is 1. The third-order valence-electron chi connectivity index (χ3n) is 14.1. The van der Waals surface area contributed by atoms with Gasteiger partial charge in [0.05, 0.1) is 59.1 Å². The molecule has 0 bridgehead atoms. The molecule has 0 aliphatic carbocycles. The van der Waals surface area contributed by atoms with Crippen LogP contribution in [0.4, 0.5) is 5.69 Å². The number of aliphatic hydroxyl groups excluding tert-OH is 3. The molecule has 0 aromatic heterocycles. The molecule has 0 unspecified atom stereocenters. The summed E-state index contributed by atoms with van der Waals surface area (Å²) in [7, 11) is 5.21. The number of carbonyl (C=O) groups is 2. The number of likely N-dealkylation sites (N-methyl/N-ethyl adjacent to an activating group) is 1. The number of nitrogens with zero attached hydrogens (tertiary/aromatic N) is 2. The zero-order valence-electron chi connectivity index (χ0n) is 41.7. The first kappa shape index (κ1) is 56.2. The molecule has 6 N–H and O–H groups in total. The highest BCUT2D eigenvalue weighted by atomic mass is 16.7. The Morgan fingerprint density at radius 1 is 0.970 bits per heavy atom. The maximum atomic E-state index is 14.5. The molecular formula is C48H80N4O15. The zero-order valence-corrected chi connectivity index (χ0v) is 41.7. The lowest BCUT2D eigenvalue weighted by Crippen LogP contribution is -2.61. The van der Waals surface area contributed by atoms with E-state index in [4.69, 9.17) is 33.2 Å². The summed E-state index contributed by atoms with van der Waals surface area (Å²) in [6.07, 6.45) is -5.64. The summed E-state index contributed by atoms with van der Waals surface area (Å²) in [5, 5.41) is 63.5. The van der Waals surface area contributed by atoms with Crippen LogP contribution < -0.4 is 10.6 Å². The van der Waals surface area contributed by atoms with Crippen molar-refractivity contribution in [2.45, 2.75) is 192 Å². The standard InChI is InChI=1S/C48H80N4O15/c1-14-36-48(10,58)40(54)31(6)50-43(56)27(2)25-47(9,62-23-15-21-49-22-20-33-16-18-34(19-17-33)52(59)60)42(67-45-38(53)35(51(11)12)24-28(3)63-45)29(4)39(30(5)44(57)65-36)66-37-26-46(8,61-13)41(55)32(7)64-37/h15-19,21,27-32,35-42,45,49,53-55,58H,14,20,22-26H2,1-13H3,(H,50,56)/b21-15+/t27-,28-,29+,30-,31-,32+,35+,36-,37-,38-,39+,40+,41+,42-,45+,46-,47-,48+/m1/s1. The largest absolute Gasteiger partial charge is 0.459 e. The van der Waals surface area contributed by atoms with Crippen molar-refractivity contribution >= 4 is 17.6 Å². The van der Waals surface area contributed by atoms with Gasteiger partial charge in [-0.15, -0.1) is 0 Å². The highest BCUT2D eigenvalue weighted by Gasteiger charge is 2.53. The molecule has 3 heterocycles. The fraction of sp³-hybridized carbons (Fsp3) is 0.792. The summed E-state index contributed by atoms with van der Waals surface area (Å²) < 4.78 is 45.2. The van der Waals surface area contributed by atoms with Gasteiger partial charge in [-0.05, 0) is 106 Å². The molecular weight excluding hydrogens is 873 g/mol. The van der Waals surface area contributed by atoms with Crippen LogP contribution in [-0.2, 0) is 49.2 Å².